The van der Waals surface area contributed by atoms with Gasteiger partial charge in [0.15, 0.2) is 6.10 Å². The summed E-state index contributed by atoms with van der Waals surface area (Å²) in [5.41, 5.74) is 0.0937. The molecule has 1 aliphatic rings. The lowest BCUT2D eigenvalue weighted by Crippen LogP contribution is -2.04. The summed E-state index contributed by atoms with van der Waals surface area (Å²) in [6.07, 6.45) is 0.249. The molecule has 0 spiro atoms. The topological polar surface area (TPSA) is 89.7 Å². The Hall–Kier alpha value is -2.37. The predicted octanol–water partition coefficient (Wildman–Crippen LogP) is 1.63. The van der Waals surface area contributed by atoms with Gasteiger partial charge in [0.2, 0.25) is 5.76 Å². The molecule has 0 bridgehead atoms. The lowest BCUT2D eigenvalue weighted by molar-refractivity contribution is -0.386. The fraction of sp³-hybridized carbons (Fsp3) is 0.100. The molecule has 0 saturated carbocycles. The van der Waals surface area contributed by atoms with Gasteiger partial charge >= 0.3 is 5.97 Å². The van der Waals surface area contributed by atoms with Gasteiger partial charge in [0, 0.05) is 12.1 Å². The molecule has 82 valence electrons. The van der Waals surface area contributed by atoms with Crippen LogP contribution in [0.1, 0.15) is 11.7 Å². The zero-order valence-corrected chi connectivity index (χ0v) is 7.99. The van der Waals surface area contributed by atoms with E-state index < -0.39 is 22.8 Å². The second-order valence-corrected chi connectivity index (χ2v) is 3.19. The van der Waals surface area contributed by atoms with Crippen molar-refractivity contribution in [3.05, 3.63) is 51.8 Å². The van der Waals surface area contributed by atoms with Gasteiger partial charge in [-0.15, -0.1) is 0 Å². The van der Waals surface area contributed by atoms with Gasteiger partial charge in [0.05, 0.1) is 10.5 Å². The van der Waals surface area contributed by atoms with Crippen LogP contribution in [0.15, 0.2) is 36.1 Å². The molecule has 1 atom stereocenters. The van der Waals surface area contributed by atoms with Gasteiger partial charge < -0.3 is 9.84 Å². The molecule has 0 saturated heterocycles. The van der Waals surface area contributed by atoms with Gasteiger partial charge in [0.1, 0.15) is 0 Å². The average Bonchev–Trinajstić information content (AvgIpc) is 2.59. The van der Waals surface area contributed by atoms with Crippen LogP contribution in [0.2, 0.25) is 0 Å². The van der Waals surface area contributed by atoms with Crippen molar-refractivity contribution in [2.45, 2.75) is 6.10 Å². The zero-order valence-electron chi connectivity index (χ0n) is 7.99. The molecule has 1 aromatic rings. The lowest BCUT2D eigenvalue weighted by atomic mass is 10.1. The summed E-state index contributed by atoms with van der Waals surface area (Å²) in [7, 11) is 0. The van der Waals surface area contributed by atoms with Crippen LogP contribution < -0.4 is 0 Å². The van der Waals surface area contributed by atoms with Crippen molar-refractivity contribution in [1.82, 2.24) is 0 Å². The van der Waals surface area contributed by atoms with Gasteiger partial charge in [0.25, 0.3) is 5.69 Å². The van der Waals surface area contributed by atoms with Gasteiger partial charge in [-0.1, -0.05) is 12.1 Å². The SMILES string of the molecule is O=C1O[C@H](c2ccccc2[N+](=O)[O-])C=C1O. The van der Waals surface area contributed by atoms with Crippen LogP contribution in [-0.2, 0) is 9.53 Å². The minimum Gasteiger partial charge on any atom is -0.502 e. The van der Waals surface area contributed by atoms with Crippen molar-refractivity contribution < 1.29 is 19.6 Å². The number of nitro benzene ring substituents is 1. The van der Waals surface area contributed by atoms with Gasteiger partial charge in [-0.05, 0) is 6.07 Å². The molecule has 0 aromatic heterocycles. The van der Waals surface area contributed by atoms with E-state index in [-0.39, 0.29) is 11.3 Å². The third kappa shape index (κ3) is 1.60. The number of para-hydroxylation sites is 1. The van der Waals surface area contributed by atoms with E-state index in [1.54, 1.807) is 6.07 Å². The van der Waals surface area contributed by atoms with E-state index in [1.807, 2.05) is 0 Å². The number of hydrogen-bond donors (Lipinski definition) is 1. The second-order valence-electron chi connectivity index (χ2n) is 3.19. The number of carbonyl (C=O) groups excluding carboxylic acids is 1. The van der Waals surface area contributed by atoms with Crippen LogP contribution in [0.4, 0.5) is 5.69 Å². The van der Waals surface area contributed by atoms with E-state index in [9.17, 15) is 14.9 Å². The number of carbonyl (C=O) groups is 1. The van der Waals surface area contributed by atoms with E-state index in [0.717, 1.165) is 6.08 Å². The van der Waals surface area contributed by atoms with Crippen LogP contribution in [0, 0.1) is 10.1 Å². The Labute approximate surface area is 89.9 Å². The zero-order chi connectivity index (χ0) is 11.7. The molecule has 16 heavy (non-hydrogen) atoms. The van der Waals surface area contributed by atoms with Crippen LogP contribution in [0.25, 0.3) is 0 Å². The Kier molecular flexibility index (Phi) is 2.32. The maximum atomic E-state index is 10.9. The maximum Gasteiger partial charge on any atom is 0.374 e. The fourth-order valence-corrected chi connectivity index (χ4v) is 1.47. The van der Waals surface area contributed by atoms with E-state index in [2.05, 4.69) is 0 Å². The van der Waals surface area contributed by atoms with Crippen molar-refractivity contribution in [3.63, 3.8) is 0 Å². The molecule has 1 heterocycles. The first-order valence-electron chi connectivity index (χ1n) is 4.44. The average molecular weight is 221 g/mol. The van der Waals surface area contributed by atoms with E-state index in [0.29, 0.717) is 0 Å². The van der Waals surface area contributed by atoms with E-state index >= 15 is 0 Å². The predicted molar refractivity (Wildman–Crippen MR) is 52.6 cm³/mol. The molecular formula is C10H7NO5. The Morgan fingerprint density at radius 3 is 2.62 bits per heavy atom. The first-order chi connectivity index (χ1) is 7.59. The number of cyclic esters (lactones) is 1. The first-order valence-corrected chi connectivity index (χ1v) is 4.44. The molecule has 6 nitrogen and oxygen atoms in total. The largest absolute Gasteiger partial charge is 0.502 e. The minimum atomic E-state index is -0.894. The lowest BCUT2D eigenvalue weighted by Gasteiger charge is -2.07. The Balaban J connectivity index is 2.42. The fourth-order valence-electron chi connectivity index (χ4n) is 1.47. The molecule has 0 fully saturated rings. The normalized spacial score (nSPS) is 19.1. The van der Waals surface area contributed by atoms with Crippen LogP contribution in [0.5, 0.6) is 0 Å². The third-order valence-electron chi connectivity index (χ3n) is 2.19. The second kappa shape index (κ2) is 3.65. The number of rotatable bonds is 2. The molecule has 0 radical (unpaired) electrons. The van der Waals surface area contributed by atoms with Crippen molar-refractivity contribution >= 4 is 11.7 Å². The number of ether oxygens (including phenoxy) is 1. The smallest absolute Gasteiger partial charge is 0.374 e. The third-order valence-corrected chi connectivity index (χ3v) is 2.19. The molecule has 1 N–H and O–H groups in total. The summed E-state index contributed by atoms with van der Waals surface area (Å²) in [4.78, 5) is 21.1. The minimum absolute atomic E-state index is 0.147. The van der Waals surface area contributed by atoms with E-state index in [4.69, 9.17) is 9.84 Å². The number of nitro groups is 1. The number of aliphatic hydroxyl groups excluding tert-OH is 1. The highest BCUT2D eigenvalue weighted by Crippen LogP contribution is 2.32. The summed E-state index contributed by atoms with van der Waals surface area (Å²) in [5.74, 6) is -1.40. The molecule has 0 amide bonds. The first kappa shape index (κ1) is 10.2. The summed E-state index contributed by atoms with van der Waals surface area (Å²) >= 11 is 0. The number of hydrogen-bond acceptors (Lipinski definition) is 5. The number of benzene rings is 1. The summed E-state index contributed by atoms with van der Waals surface area (Å²) in [5, 5.41) is 19.8. The van der Waals surface area contributed by atoms with Gasteiger partial charge in [-0.25, -0.2) is 4.79 Å². The standard InChI is InChI=1S/C10H7NO5/c12-8-5-9(16-10(8)13)6-3-1-2-4-7(6)11(14)15/h1-5,9,12H/t9-/m0/s1. The Bertz CT molecular complexity index is 494. The monoisotopic (exact) mass is 221 g/mol. The summed E-state index contributed by atoms with van der Waals surface area (Å²) < 4.78 is 4.76. The maximum absolute atomic E-state index is 10.9. The highest BCUT2D eigenvalue weighted by molar-refractivity contribution is 5.88. The Morgan fingerprint density at radius 2 is 2.06 bits per heavy atom. The van der Waals surface area contributed by atoms with Crippen molar-refractivity contribution in [2.24, 2.45) is 0 Å². The Morgan fingerprint density at radius 1 is 1.38 bits per heavy atom. The summed E-state index contributed by atoms with van der Waals surface area (Å²) in [6, 6.07) is 5.90. The molecule has 1 aliphatic heterocycles. The molecule has 2 rings (SSSR count). The van der Waals surface area contributed by atoms with E-state index in [1.165, 1.54) is 18.2 Å². The quantitative estimate of drug-likeness (QED) is 0.465. The van der Waals surface area contributed by atoms with Crippen LogP contribution >= 0.6 is 0 Å². The highest BCUT2D eigenvalue weighted by Gasteiger charge is 2.30. The number of nitrogens with zero attached hydrogens (tertiary/aromatic N) is 1. The van der Waals surface area contributed by atoms with Crippen molar-refractivity contribution in [3.8, 4) is 0 Å². The van der Waals surface area contributed by atoms with Crippen LogP contribution in [0.3, 0.4) is 0 Å². The van der Waals surface area contributed by atoms with Gasteiger partial charge in [-0.2, -0.15) is 0 Å². The van der Waals surface area contributed by atoms with Crippen molar-refractivity contribution in [1.29, 1.82) is 0 Å². The van der Waals surface area contributed by atoms with Gasteiger partial charge in [-0.3, -0.25) is 10.1 Å². The molecule has 6 heteroatoms. The molecular weight excluding hydrogens is 214 g/mol. The van der Waals surface area contributed by atoms with Crippen LogP contribution in [-0.4, -0.2) is 16.0 Å². The molecule has 0 aliphatic carbocycles. The molecule has 0 unspecified atom stereocenters. The van der Waals surface area contributed by atoms with Crippen molar-refractivity contribution in [2.75, 3.05) is 0 Å². The highest BCUT2D eigenvalue weighted by atomic mass is 16.6. The molecule has 1 aromatic carbocycles. The summed E-state index contributed by atoms with van der Waals surface area (Å²) in [6.45, 7) is 0. The number of aliphatic hydroxyl groups is 1. The number of esters is 1.